The maximum Gasteiger partial charge on any atom is 0.323 e. The van der Waals surface area contributed by atoms with Crippen molar-refractivity contribution in [2.24, 2.45) is 5.73 Å². The molecule has 4 nitrogen and oxygen atoms in total. The van der Waals surface area contributed by atoms with Crippen LogP contribution >= 0.6 is 0 Å². The molecule has 0 radical (unpaired) electrons. The van der Waals surface area contributed by atoms with Gasteiger partial charge in [-0.15, -0.1) is 0 Å². The highest BCUT2D eigenvalue weighted by atomic mass is 16.4. The van der Waals surface area contributed by atoms with Crippen LogP contribution in [-0.2, 0) is 4.79 Å². The second kappa shape index (κ2) is 7.85. The maximum atomic E-state index is 11.3. The van der Waals surface area contributed by atoms with E-state index in [0.717, 1.165) is 25.9 Å². The lowest BCUT2D eigenvalue weighted by molar-refractivity contribution is -0.145. The molecule has 0 aromatic carbocycles. The first-order chi connectivity index (χ1) is 9.03. The number of aliphatic carboxylic acids is 1. The van der Waals surface area contributed by atoms with Crippen molar-refractivity contribution in [2.45, 2.75) is 76.8 Å². The largest absolute Gasteiger partial charge is 0.480 e. The topological polar surface area (TPSA) is 66.6 Å². The first-order valence-corrected chi connectivity index (χ1v) is 7.79. The van der Waals surface area contributed by atoms with Crippen LogP contribution in [0.15, 0.2) is 0 Å². The average Bonchev–Trinajstić information content (AvgIpc) is 2.39. The number of carboxylic acid groups (broad SMARTS) is 1. The van der Waals surface area contributed by atoms with Gasteiger partial charge in [0.15, 0.2) is 0 Å². The Labute approximate surface area is 117 Å². The Morgan fingerprint density at radius 2 is 1.89 bits per heavy atom. The Hall–Kier alpha value is -0.610. The van der Waals surface area contributed by atoms with Gasteiger partial charge in [-0.25, -0.2) is 0 Å². The third kappa shape index (κ3) is 4.77. The van der Waals surface area contributed by atoms with E-state index in [4.69, 9.17) is 5.73 Å². The zero-order valence-electron chi connectivity index (χ0n) is 12.5. The van der Waals surface area contributed by atoms with E-state index in [1.165, 1.54) is 25.7 Å². The van der Waals surface area contributed by atoms with Crippen molar-refractivity contribution in [3.8, 4) is 0 Å². The number of carboxylic acids is 1. The van der Waals surface area contributed by atoms with Crippen LogP contribution in [0.4, 0.5) is 0 Å². The SMILES string of the molecule is CCCCN(CCCC)C1CCCC(N)(C(=O)O)C1. The monoisotopic (exact) mass is 270 g/mol. The van der Waals surface area contributed by atoms with Crippen molar-refractivity contribution in [3.05, 3.63) is 0 Å². The second-order valence-corrected chi connectivity index (χ2v) is 5.95. The van der Waals surface area contributed by atoms with Crippen molar-refractivity contribution in [3.63, 3.8) is 0 Å². The van der Waals surface area contributed by atoms with Gasteiger partial charge in [-0.3, -0.25) is 4.79 Å². The molecule has 0 bridgehead atoms. The van der Waals surface area contributed by atoms with Crippen molar-refractivity contribution in [1.82, 2.24) is 4.90 Å². The Balaban J connectivity index is 2.63. The molecule has 0 amide bonds. The number of unbranched alkanes of at least 4 members (excludes halogenated alkanes) is 2. The van der Waals surface area contributed by atoms with Gasteiger partial charge in [0, 0.05) is 6.04 Å². The number of nitrogens with zero attached hydrogens (tertiary/aromatic N) is 1. The lowest BCUT2D eigenvalue weighted by Crippen LogP contribution is -2.55. The van der Waals surface area contributed by atoms with E-state index in [-0.39, 0.29) is 0 Å². The highest BCUT2D eigenvalue weighted by molar-refractivity contribution is 5.78. The third-order valence-electron chi connectivity index (χ3n) is 4.30. The van der Waals surface area contributed by atoms with Crippen LogP contribution in [0.2, 0.25) is 0 Å². The predicted octanol–water partition coefficient (Wildman–Crippen LogP) is 2.61. The molecule has 0 heterocycles. The number of nitrogens with two attached hydrogens (primary N) is 1. The van der Waals surface area contributed by atoms with Gasteiger partial charge in [0.05, 0.1) is 0 Å². The van der Waals surface area contributed by atoms with Crippen molar-refractivity contribution in [1.29, 1.82) is 0 Å². The summed E-state index contributed by atoms with van der Waals surface area (Å²) in [6, 6.07) is 0.355. The standard InChI is InChI=1S/C15H30N2O2/c1-3-5-10-17(11-6-4-2)13-8-7-9-15(16,12-13)14(18)19/h13H,3-12,16H2,1-2H3,(H,18,19). The van der Waals surface area contributed by atoms with E-state index < -0.39 is 11.5 Å². The summed E-state index contributed by atoms with van der Waals surface area (Å²) in [5.74, 6) is -0.830. The highest BCUT2D eigenvalue weighted by Gasteiger charge is 2.40. The summed E-state index contributed by atoms with van der Waals surface area (Å²) in [7, 11) is 0. The molecule has 2 atom stereocenters. The highest BCUT2D eigenvalue weighted by Crippen LogP contribution is 2.30. The summed E-state index contributed by atoms with van der Waals surface area (Å²) in [6.45, 7) is 6.56. The number of carbonyl (C=O) groups is 1. The number of hydrogen-bond donors (Lipinski definition) is 2. The van der Waals surface area contributed by atoms with Crippen LogP contribution in [0.1, 0.15) is 65.2 Å². The fourth-order valence-corrected chi connectivity index (χ4v) is 2.98. The smallest absolute Gasteiger partial charge is 0.323 e. The summed E-state index contributed by atoms with van der Waals surface area (Å²) in [5, 5.41) is 9.31. The van der Waals surface area contributed by atoms with E-state index in [0.29, 0.717) is 18.9 Å². The lowest BCUT2D eigenvalue weighted by Gasteiger charge is -2.40. The molecule has 1 saturated carbocycles. The van der Waals surface area contributed by atoms with Gasteiger partial charge in [0.25, 0.3) is 0 Å². The molecule has 1 aliphatic carbocycles. The van der Waals surface area contributed by atoms with Gasteiger partial charge in [-0.1, -0.05) is 26.7 Å². The van der Waals surface area contributed by atoms with E-state index in [1.807, 2.05) is 0 Å². The van der Waals surface area contributed by atoms with Crippen molar-refractivity contribution >= 4 is 5.97 Å². The molecule has 0 aliphatic heterocycles. The molecule has 1 aliphatic rings. The third-order valence-corrected chi connectivity index (χ3v) is 4.30. The minimum absolute atomic E-state index is 0.355. The first kappa shape index (κ1) is 16.4. The predicted molar refractivity (Wildman–Crippen MR) is 78.2 cm³/mol. The first-order valence-electron chi connectivity index (χ1n) is 7.79. The van der Waals surface area contributed by atoms with Gasteiger partial charge >= 0.3 is 5.97 Å². The molecular formula is C15H30N2O2. The summed E-state index contributed by atoms with van der Waals surface area (Å²) in [6.07, 6.45) is 7.99. The zero-order valence-corrected chi connectivity index (χ0v) is 12.5. The molecule has 0 saturated heterocycles. The lowest BCUT2D eigenvalue weighted by atomic mass is 9.79. The van der Waals surface area contributed by atoms with Crippen molar-refractivity contribution in [2.75, 3.05) is 13.1 Å². The summed E-state index contributed by atoms with van der Waals surface area (Å²) in [5.41, 5.74) is 5.06. The minimum atomic E-state index is -1.00. The minimum Gasteiger partial charge on any atom is -0.480 e. The molecule has 1 rings (SSSR count). The molecule has 4 heteroatoms. The number of hydrogen-bond acceptors (Lipinski definition) is 3. The molecule has 2 unspecified atom stereocenters. The quantitative estimate of drug-likeness (QED) is 0.711. The summed E-state index contributed by atoms with van der Waals surface area (Å²) < 4.78 is 0. The molecular weight excluding hydrogens is 240 g/mol. The van der Waals surface area contributed by atoms with E-state index >= 15 is 0 Å². The van der Waals surface area contributed by atoms with Crippen LogP contribution < -0.4 is 5.73 Å². The van der Waals surface area contributed by atoms with Crippen LogP contribution in [0.25, 0.3) is 0 Å². The van der Waals surface area contributed by atoms with Crippen LogP contribution in [0, 0.1) is 0 Å². The van der Waals surface area contributed by atoms with Crippen LogP contribution in [0.5, 0.6) is 0 Å². The fourth-order valence-electron chi connectivity index (χ4n) is 2.98. The Morgan fingerprint density at radius 3 is 2.37 bits per heavy atom. The van der Waals surface area contributed by atoms with Gasteiger partial charge < -0.3 is 15.7 Å². The summed E-state index contributed by atoms with van der Waals surface area (Å²) >= 11 is 0. The molecule has 0 aromatic heterocycles. The molecule has 0 aromatic rings. The van der Waals surface area contributed by atoms with Gasteiger partial charge in [0.2, 0.25) is 0 Å². The molecule has 19 heavy (non-hydrogen) atoms. The Morgan fingerprint density at radius 1 is 1.32 bits per heavy atom. The van der Waals surface area contributed by atoms with Crippen LogP contribution in [-0.4, -0.2) is 40.6 Å². The molecule has 0 spiro atoms. The Bertz CT molecular complexity index is 275. The van der Waals surface area contributed by atoms with E-state index in [1.54, 1.807) is 0 Å². The normalized spacial score (nSPS) is 27.7. The number of rotatable bonds is 8. The molecule has 3 N–H and O–H groups in total. The molecule has 112 valence electrons. The van der Waals surface area contributed by atoms with E-state index in [9.17, 15) is 9.90 Å². The fraction of sp³-hybridized carbons (Fsp3) is 0.933. The van der Waals surface area contributed by atoms with Gasteiger partial charge in [-0.2, -0.15) is 0 Å². The van der Waals surface area contributed by atoms with Gasteiger partial charge in [0.1, 0.15) is 5.54 Å². The van der Waals surface area contributed by atoms with E-state index in [2.05, 4.69) is 18.7 Å². The maximum absolute atomic E-state index is 11.3. The Kier molecular flexibility index (Phi) is 6.80. The molecule has 1 fully saturated rings. The van der Waals surface area contributed by atoms with Crippen LogP contribution in [0.3, 0.4) is 0 Å². The van der Waals surface area contributed by atoms with Gasteiger partial charge in [-0.05, 0) is 51.6 Å². The summed E-state index contributed by atoms with van der Waals surface area (Å²) in [4.78, 5) is 13.8. The van der Waals surface area contributed by atoms with Crippen molar-refractivity contribution < 1.29 is 9.90 Å². The zero-order chi connectivity index (χ0) is 14.3. The average molecular weight is 270 g/mol. The second-order valence-electron chi connectivity index (χ2n) is 5.95.